The van der Waals surface area contributed by atoms with Crippen LogP contribution in [-0.2, 0) is 0 Å². The molecular weight excluding hydrogens is 606 g/mol. The maximum atomic E-state index is 2.61. The third kappa shape index (κ3) is 5.59. The molecule has 0 bridgehead atoms. The monoisotopic (exact) mass is 646 g/mol. The maximum Gasteiger partial charge on any atom is 0.247 e. The van der Waals surface area contributed by atoms with E-state index in [1.165, 1.54) is 66.5 Å². The zero-order chi connectivity index (χ0) is 33.3. The lowest BCUT2D eigenvalue weighted by molar-refractivity contribution is 1.56. The second kappa shape index (κ2) is 13.0. The molecule has 0 atom stereocenters. The van der Waals surface area contributed by atoms with Crippen molar-refractivity contribution in [1.29, 1.82) is 0 Å². The van der Waals surface area contributed by atoms with Gasteiger partial charge in [-0.15, -0.1) is 12.6 Å². The van der Waals surface area contributed by atoms with Gasteiger partial charge in [0.05, 0.1) is 0 Å². The van der Waals surface area contributed by atoms with Gasteiger partial charge in [-0.25, -0.2) is 0 Å². The van der Waals surface area contributed by atoms with Crippen LogP contribution in [0, 0.1) is 0 Å². The average molecular weight is 647 g/mol. The number of hydrogen-bond acceptors (Lipinski definition) is 0. The van der Waals surface area contributed by atoms with Crippen LogP contribution in [-0.4, -0.2) is 25.4 Å². The third-order valence-electron chi connectivity index (χ3n) is 10.8. The molecule has 0 aliphatic carbocycles. The summed E-state index contributed by atoms with van der Waals surface area (Å²) in [5, 5.41) is 0. The molecule has 0 fully saturated rings. The predicted octanol–water partition coefficient (Wildman–Crippen LogP) is 11.2. The van der Waals surface area contributed by atoms with Gasteiger partial charge < -0.3 is 0 Å². The number of hydrogen-bond donors (Lipinski definition) is 0. The minimum Gasteiger partial charge on any atom is -0.157 e. The van der Waals surface area contributed by atoms with Crippen molar-refractivity contribution in [3.63, 3.8) is 0 Å². The Labute approximate surface area is 292 Å². The van der Waals surface area contributed by atoms with Crippen molar-refractivity contribution in [2.24, 2.45) is 0 Å². The molecule has 1 aliphatic rings. The van der Waals surface area contributed by atoms with Crippen molar-refractivity contribution in [3.8, 4) is 33.4 Å². The molecule has 0 amide bonds. The van der Waals surface area contributed by atoms with E-state index in [1.54, 1.807) is 0 Å². The van der Waals surface area contributed by atoms with Gasteiger partial charge in [0.1, 0.15) is 0 Å². The molecule has 0 saturated heterocycles. The molecule has 0 N–H and O–H groups in total. The van der Waals surface area contributed by atoms with Crippen LogP contribution in [0.5, 0.6) is 0 Å². The van der Waals surface area contributed by atoms with Crippen molar-refractivity contribution in [3.05, 3.63) is 205 Å². The van der Waals surface area contributed by atoms with Crippen LogP contribution in [0.1, 0.15) is 11.1 Å². The predicted molar refractivity (Wildman–Crippen MR) is 218 cm³/mol. The van der Waals surface area contributed by atoms with E-state index < -0.39 is 13.0 Å². The fraction of sp³-hybridized carbons (Fsp3) is 0.0638. The molecule has 7 aromatic rings. The lowest BCUT2D eigenvalue weighted by Crippen LogP contribution is -2.59. The Balaban J connectivity index is 1.39. The van der Waals surface area contributed by atoms with Crippen LogP contribution < -0.4 is 10.9 Å². The van der Waals surface area contributed by atoms with Crippen LogP contribution in [0.4, 0.5) is 0 Å². The summed E-state index contributed by atoms with van der Waals surface area (Å²) in [6.07, 6.45) is 1.09. The molecule has 0 nitrogen and oxygen atoms in total. The summed E-state index contributed by atoms with van der Waals surface area (Å²) in [6, 6.07) is 72.0. The van der Waals surface area contributed by atoms with Crippen molar-refractivity contribution >= 4 is 35.0 Å². The van der Waals surface area contributed by atoms with Gasteiger partial charge in [-0.1, -0.05) is 200 Å². The fourth-order valence-corrected chi connectivity index (χ4v) is 12.9. The summed E-state index contributed by atoms with van der Waals surface area (Å²) in [4.78, 5) is 0. The lowest BCUT2D eigenvalue weighted by atomic mass is 9.32. The van der Waals surface area contributed by atoms with E-state index in [-0.39, 0.29) is 0 Å². The van der Waals surface area contributed by atoms with Gasteiger partial charge in [-0.3, -0.25) is 0 Å². The topological polar surface area (TPSA) is 0 Å². The van der Waals surface area contributed by atoms with E-state index in [0.29, 0.717) is 0 Å². The van der Waals surface area contributed by atoms with Crippen molar-refractivity contribution in [2.45, 2.75) is 0 Å². The molecule has 236 valence electrons. The number of rotatable bonds is 7. The largest absolute Gasteiger partial charge is 0.247 e. The average Bonchev–Trinajstić information content (AvgIpc) is 3.44. The molecule has 0 saturated carbocycles. The van der Waals surface area contributed by atoms with Gasteiger partial charge in [0.25, 0.3) is 0 Å². The SMILES string of the molecule is C[P+]1(C)CC(c2ccccc2)=C(c2ccc(-c3ccccc3)cc2)[B-]1(c1ccc(-c2ccccc2)cc1)c1ccc(-c2ccccc2)cc1. The zero-order valence-electron chi connectivity index (χ0n) is 28.2. The molecule has 7 aromatic carbocycles. The standard InChI is InChI=1S/C47H40BP/c1-49(2)35-46(42-21-13-6-14-22-42)47(43-25-23-39(24-26-43)36-15-7-3-8-16-36)48(49,44-31-27-40(28-32-44)37-17-9-4-10-18-37)45-33-29-41(30-34-45)38-19-11-5-12-20-38/h3-34H,35H2,1-2H3. The second-order valence-electron chi connectivity index (χ2n) is 13.9. The minimum absolute atomic E-state index is 1.09. The molecule has 49 heavy (non-hydrogen) atoms. The Bertz CT molecular complexity index is 2120. The third-order valence-corrected chi connectivity index (χ3v) is 14.9. The van der Waals surface area contributed by atoms with Crippen LogP contribution in [0.15, 0.2) is 194 Å². The molecule has 0 aromatic heterocycles. The van der Waals surface area contributed by atoms with E-state index in [1.807, 2.05) is 0 Å². The number of allylic oxidation sites excluding steroid dienone is 1. The van der Waals surface area contributed by atoms with E-state index in [0.717, 1.165) is 6.16 Å². The van der Waals surface area contributed by atoms with Crippen LogP contribution in [0.3, 0.4) is 0 Å². The van der Waals surface area contributed by atoms with E-state index in [4.69, 9.17) is 0 Å². The molecular formula is C47H40BP. The molecule has 0 spiro atoms. The van der Waals surface area contributed by atoms with E-state index in [9.17, 15) is 0 Å². The highest BCUT2D eigenvalue weighted by Gasteiger charge is 2.57. The molecule has 1 aliphatic heterocycles. The first-order valence-corrected chi connectivity index (χ1v) is 20.2. The summed E-state index contributed by atoms with van der Waals surface area (Å²) in [5.41, 5.74) is 16.0. The van der Waals surface area contributed by atoms with Gasteiger partial charge in [0.2, 0.25) is 5.87 Å². The first-order valence-electron chi connectivity index (χ1n) is 17.3. The minimum atomic E-state index is -1.68. The fourth-order valence-electron chi connectivity index (χ4n) is 8.51. The Morgan fingerprint density at radius 2 is 0.612 bits per heavy atom. The highest BCUT2D eigenvalue weighted by Crippen LogP contribution is 2.71. The Morgan fingerprint density at radius 1 is 0.327 bits per heavy atom. The molecule has 8 rings (SSSR count). The lowest BCUT2D eigenvalue weighted by Gasteiger charge is -2.46. The molecule has 0 unspecified atom stereocenters. The van der Waals surface area contributed by atoms with Gasteiger partial charge >= 0.3 is 0 Å². The first-order chi connectivity index (χ1) is 24.0. The summed E-state index contributed by atoms with van der Waals surface area (Å²) in [6.45, 7) is 5.22. The maximum absolute atomic E-state index is 2.61. The summed E-state index contributed by atoms with van der Waals surface area (Å²) in [7, 11) is -1.68. The quantitative estimate of drug-likeness (QED) is 0.119. The van der Waals surface area contributed by atoms with Crippen molar-refractivity contribution in [1.82, 2.24) is 0 Å². The first kappa shape index (κ1) is 31.1. The van der Waals surface area contributed by atoms with Gasteiger partial charge in [-0.05, 0) is 44.5 Å². The normalized spacial score (nSPS) is 14.9. The van der Waals surface area contributed by atoms with Crippen molar-refractivity contribution in [2.75, 3.05) is 19.5 Å². The Kier molecular flexibility index (Phi) is 8.24. The van der Waals surface area contributed by atoms with E-state index >= 15 is 0 Å². The summed E-state index contributed by atoms with van der Waals surface area (Å²) < 4.78 is 0. The van der Waals surface area contributed by atoms with Crippen LogP contribution in [0.25, 0.3) is 44.4 Å². The number of benzene rings is 7. The Morgan fingerprint density at radius 3 is 0.980 bits per heavy atom. The van der Waals surface area contributed by atoms with Gasteiger partial charge in [0, 0.05) is 19.5 Å². The summed E-state index contributed by atoms with van der Waals surface area (Å²) >= 11 is 0. The molecule has 1 heterocycles. The van der Waals surface area contributed by atoms with E-state index in [2.05, 4.69) is 207 Å². The molecule has 2 heteroatoms. The zero-order valence-corrected chi connectivity index (χ0v) is 29.1. The van der Waals surface area contributed by atoms with Gasteiger partial charge in [-0.2, -0.15) is 10.9 Å². The Hall–Kier alpha value is -5.23. The van der Waals surface area contributed by atoms with Gasteiger partial charge in [0.15, 0.2) is 0 Å². The summed E-state index contributed by atoms with van der Waals surface area (Å²) in [5.74, 6) is -1.33. The van der Waals surface area contributed by atoms with Crippen LogP contribution in [0.2, 0.25) is 0 Å². The second-order valence-corrected chi connectivity index (χ2v) is 18.6. The highest BCUT2D eigenvalue weighted by molar-refractivity contribution is 8.14. The van der Waals surface area contributed by atoms with Crippen LogP contribution >= 0.6 is 7.14 Å². The highest BCUT2D eigenvalue weighted by atomic mass is 31.2. The smallest absolute Gasteiger partial charge is 0.157 e. The van der Waals surface area contributed by atoms with Crippen molar-refractivity contribution < 1.29 is 0 Å². The molecule has 0 radical (unpaired) electrons.